The summed E-state index contributed by atoms with van der Waals surface area (Å²) in [6.45, 7) is 2.68. The molecule has 29 heavy (non-hydrogen) atoms. The van der Waals surface area contributed by atoms with Crippen LogP contribution in [-0.2, 0) is 26.2 Å². The molecule has 6 nitrogen and oxygen atoms in total. The Morgan fingerprint density at radius 2 is 1.41 bits per heavy atom. The summed E-state index contributed by atoms with van der Waals surface area (Å²) in [6.07, 6.45) is 0. The maximum absolute atomic E-state index is 10.9. The number of rotatable bonds is 9. The summed E-state index contributed by atoms with van der Waals surface area (Å²) in [6, 6.07) is 23.0. The van der Waals surface area contributed by atoms with Crippen LogP contribution in [0.1, 0.15) is 22.3 Å². The molecule has 0 saturated heterocycles. The minimum atomic E-state index is -0.378. The van der Waals surface area contributed by atoms with Crippen molar-refractivity contribution in [3.8, 4) is 5.75 Å². The Hall–Kier alpha value is -3.22. The van der Waals surface area contributed by atoms with Gasteiger partial charge in [0, 0.05) is 38.3 Å². The molecule has 0 aliphatic carbocycles. The molecule has 3 rings (SSSR count). The largest absolute Gasteiger partial charge is 0.497 e. The molecule has 6 heteroatoms. The van der Waals surface area contributed by atoms with E-state index in [1.54, 1.807) is 19.2 Å². The fourth-order valence-corrected chi connectivity index (χ4v) is 3.22. The van der Waals surface area contributed by atoms with E-state index in [-0.39, 0.29) is 10.6 Å². The number of methoxy groups -OCH3 is 1. The Labute approximate surface area is 170 Å². The van der Waals surface area contributed by atoms with Gasteiger partial charge in [0.25, 0.3) is 5.69 Å². The van der Waals surface area contributed by atoms with Gasteiger partial charge in [0.1, 0.15) is 5.75 Å². The molecule has 0 amide bonds. The van der Waals surface area contributed by atoms with Crippen molar-refractivity contribution in [2.75, 3.05) is 7.11 Å². The summed E-state index contributed by atoms with van der Waals surface area (Å²) in [7, 11) is 1.66. The molecule has 2 N–H and O–H groups in total. The maximum Gasteiger partial charge on any atom is 0.269 e. The molecule has 0 fully saturated rings. The highest BCUT2D eigenvalue weighted by molar-refractivity contribution is 5.33. The van der Waals surface area contributed by atoms with Crippen LogP contribution in [0.15, 0.2) is 72.8 Å². The molecule has 0 aromatic heterocycles. The van der Waals surface area contributed by atoms with Crippen molar-refractivity contribution < 1.29 is 9.66 Å². The van der Waals surface area contributed by atoms with Gasteiger partial charge in [0.15, 0.2) is 0 Å². The van der Waals surface area contributed by atoms with Crippen LogP contribution in [0.5, 0.6) is 5.75 Å². The Morgan fingerprint density at radius 3 is 1.97 bits per heavy atom. The second kappa shape index (κ2) is 9.82. The van der Waals surface area contributed by atoms with Crippen molar-refractivity contribution in [2.45, 2.75) is 26.2 Å². The van der Waals surface area contributed by atoms with Gasteiger partial charge in [-0.05, 0) is 34.4 Å². The van der Waals surface area contributed by atoms with Gasteiger partial charge in [-0.2, -0.15) is 0 Å². The fraction of sp³-hybridized carbons (Fsp3) is 0.217. The lowest BCUT2D eigenvalue weighted by Crippen LogP contribution is -2.22. The molecule has 0 unspecified atom stereocenters. The first-order valence-electron chi connectivity index (χ1n) is 9.44. The molecule has 0 radical (unpaired) electrons. The molecular weight excluding hydrogens is 366 g/mol. The van der Waals surface area contributed by atoms with Gasteiger partial charge in [-0.3, -0.25) is 15.0 Å². The molecule has 0 saturated carbocycles. The van der Waals surface area contributed by atoms with E-state index in [1.807, 2.05) is 42.5 Å². The Morgan fingerprint density at radius 1 is 0.862 bits per heavy atom. The van der Waals surface area contributed by atoms with Gasteiger partial charge < -0.3 is 10.5 Å². The zero-order valence-corrected chi connectivity index (χ0v) is 16.5. The molecule has 0 spiro atoms. The first-order chi connectivity index (χ1) is 14.1. The average molecular weight is 391 g/mol. The van der Waals surface area contributed by atoms with E-state index in [4.69, 9.17) is 10.5 Å². The zero-order chi connectivity index (χ0) is 20.6. The normalized spacial score (nSPS) is 10.9. The van der Waals surface area contributed by atoms with Crippen molar-refractivity contribution in [1.82, 2.24) is 4.90 Å². The number of nitrogens with two attached hydrogens (primary N) is 1. The number of nitro benzene ring substituents is 1. The van der Waals surface area contributed by atoms with Crippen molar-refractivity contribution in [2.24, 2.45) is 5.73 Å². The number of ether oxygens (including phenoxy) is 1. The van der Waals surface area contributed by atoms with Crippen LogP contribution in [-0.4, -0.2) is 16.9 Å². The minimum Gasteiger partial charge on any atom is -0.497 e. The van der Waals surface area contributed by atoms with Crippen molar-refractivity contribution >= 4 is 5.69 Å². The summed E-state index contributed by atoms with van der Waals surface area (Å²) in [5.41, 5.74) is 10.3. The number of nitro groups is 1. The molecule has 0 aliphatic rings. The third-order valence-corrected chi connectivity index (χ3v) is 4.76. The van der Waals surface area contributed by atoms with Gasteiger partial charge in [-0.1, -0.05) is 48.5 Å². The minimum absolute atomic E-state index is 0.102. The second-order valence-electron chi connectivity index (χ2n) is 6.94. The second-order valence-corrected chi connectivity index (χ2v) is 6.94. The summed E-state index contributed by atoms with van der Waals surface area (Å²) in [5.74, 6) is 0.824. The Balaban J connectivity index is 1.79. The van der Waals surface area contributed by atoms with Crippen LogP contribution in [0.3, 0.4) is 0 Å². The lowest BCUT2D eigenvalue weighted by molar-refractivity contribution is -0.384. The number of non-ortho nitro benzene ring substituents is 1. The monoisotopic (exact) mass is 391 g/mol. The highest BCUT2D eigenvalue weighted by Crippen LogP contribution is 2.19. The van der Waals surface area contributed by atoms with Gasteiger partial charge in [0.2, 0.25) is 0 Å². The average Bonchev–Trinajstić information content (AvgIpc) is 2.74. The highest BCUT2D eigenvalue weighted by atomic mass is 16.6. The number of hydrogen-bond donors (Lipinski definition) is 1. The van der Waals surface area contributed by atoms with E-state index in [0.29, 0.717) is 13.1 Å². The van der Waals surface area contributed by atoms with Crippen LogP contribution in [0, 0.1) is 10.1 Å². The fourth-order valence-electron chi connectivity index (χ4n) is 3.22. The summed E-state index contributed by atoms with van der Waals surface area (Å²) < 4.78 is 5.34. The van der Waals surface area contributed by atoms with Crippen LogP contribution < -0.4 is 10.5 Å². The third-order valence-electron chi connectivity index (χ3n) is 4.76. The summed E-state index contributed by atoms with van der Waals surface area (Å²) in [4.78, 5) is 12.8. The standard InChI is InChI=1S/C23H25N3O3/c1-29-23-4-2-3-21(13-23)17-25(15-19-7-5-18(14-24)6-8-19)16-20-9-11-22(12-10-20)26(27)28/h2-13H,14-17,24H2,1H3. The first-order valence-corrected chi connectivity index (χ1v) is 9.44. The SMILES string of the molecule is COc1cccc(CN(Cc2ccc(CN)cc2)Cc2ccc([N+](=O)[O-])cc2)c1. The maximum atomic E-state index is 10.9. The van der Waals surface area contributed by atoms with Crippen molar-refractivity contribution in [3.05, 3.63) is 105 Å². The van der Waals surface area contributed by atoms with Gasteiger partial charge in [0.05, 0.1) is 12.0 Å². The lowest BCUT2D eigenvalue weighted by atomic mass is 10.1. The van der Waals surface area contributed by atoms with Crippen molar-refractivity contribution in [3.63, 3.8) is 0 Å². The van der Waals surface area contributed by atoms with Crippen molar-refractivity contribution in [1.29, 1.82) is 0 Å². The van der Waals surface area contributed by atoms with Gasteiger partial charge >= 0.3 is 0 Å². The molecule has 0 atom stereocenters. The Bertz CT molecular complexity index is 940. The first kappa shape index (κ1) is 20.5. The number of nitrogens with zero attached hydrogens (tertiary/aromatic N) is 2. The van der Waals surface area contributed by atoms with Gasteiger partial charge in [-0.15, -0.1) is 0 Å². The smallest absolute Gasteiger partial charge is 0.269 e. The third kappa shape index (κ3) is 5.88. The van der Waals surface area contributed by atoms with E-state index >= 15 is 0 Å². The Kier molecular flexibility index (Phi) is 6.94. The van der Waals surface area contributed by atoms with Crippen LogP contribution in [0.2, 0.25) is 0 Å². The van der Waals surface area contributed by atoms with E-state index in [1.165, 1.54) is 5.56 Å². The molecular formula is C23H25N3O3. The van der Waals surface area contributed by atoms with Crippen LogP contribution >= 0.6 is 0 Å². The molecule has 3 aromatic rings. The quantitative estimate of drug-likeness (QED) is 0.435. The lowest BCUT2D eigenvalue weighted by Gasteiger charge is -2.23. The molecule has 0 heterocycles. The van der Waals surface area contributed by atoms with E-state index in [9.17, 15) is 10.1 Å². The zero-order valence-electron chi connectivity index (χ0n) is 16.5. The number of benzene rings is 3. The van der Waals surface area contributed by atoms with Crippen LogP contribution in [0.25, 0.3) is 0 Å². The molecule has 0 aliphatic heterocycles. The summed E-state index contributed by atoms with van der Waals surface area (Å²) in [5, 5.41) is 10.9. The predicted octanol–water partition coefficient (Wildman–Crippen LogP) is 4.26. The van der Waals surface area contributed by atoms with Crippen LogP contribution in [0.4, 0.5) is 5.69 Å². The van der Waals surface area contributed by atoms with E-state index in [2.05, 4.69) is 23.1 Å². The van der Waals surface area contributed by atoms with E-state index < -0.39 is 0 Å². The number of hydrogen-bond acceptors (Lipinski definition) is 5. The van der Waals surface area contributed by atoms with Gasteiger partial charge in [-0.25, -0.2) is 0 Å². The molecule has 0 bridgehead atoms. The predicted molar refractivity (Wildman–Crippen MR) is 113 cm³/mol. The molecule has 150 valence electrons. The topological polar surface area (TPSA) is 81.6 Å². The highest BCUT2D eigenvalue weighted by Gasteiger charge is 2.11. The van der Waals surface area contributed by atoms with E-state index in [0.717, 1.165) is 35.5 Å². The summed E-state index contributed by atoms with van der Waals surface area (Å²) >= 11 is 0. The molecule has 3 aromatic carbocycles.